The summed E-state index contributed by atoms with van der Waals surface area (Å²) < 4.78 is 58.6. The summed E-state index contributed by atoms with van der Waals surface area (Å²) in [7, 11) is 0. The predicted octanol–water partition coefficient (Wildman–Crippen LogP) is 4.68. The molecule has 0 saturated carbocycles. The van der Waals surface area contributed by atoms with E-state index in [-0.39, 0.29) is 11.6 Å². The Morgan fingerprint density at radius 3 is 2.36 bits per heavy atom. The minimum Gasteiger partial charge on any atom is -0.397 e. The first-order valence-electron chi connectivity index (χ1n) is 13.2. The fourth-order valence-electron chi connectivity index (χ4n) is 4.31. The predicted molar refractivity (Wildman–Crippen MR) is 153 cm³/mol. The highest BCUT2D eigenvalue weighted by Crippen LogP contribution is 2.31. The summed E-state index contributed by atoms with van der Waals surface area (Å²) in [6, 6.07) is 14.7. The third kappa shape index (κ3) is 8.62. The number of hydrogen-bond donors (Lipinski definition) is 4. The van der Waals surface area contributed by atoms with Crippen LogP contribution in [0.4, 0.5) is 34.6 Å². The Morgan fingerprint density at radius 1 is 0.976 bits per heavy atom. The molecule has 0 aliphatic carbocycles. The number of nitrogen functional groups attached to an aromatic ring is 1. The Hall–Kier alpha value is -4.26. The second-order valence-corrected chi connectivity index (χ2v) is 9.60. The first-order chi connectivity index (χ1) is 20.1. The van der Waals surface area contributed by atoms with Gasteiger partial charge in [-0.2, -0.15) is 13.2 Å². The number of anilines is 3. The van der Waals surface area contributed by atoms with Crippen LogP contribution in [0.2, 0.25) is 0 Å². The molecule has 3 aromatic rings. The molecule has 42 heavy (non-hydrogen) atoms. The summed E-state index contributed by atoms with van der Waals surface area (Å²) in [6.07, 6.45) is -1.77. The van der Waals surface area contributed by atoms with E-state index in [2.05, 4.69) is 20.9 Å². The Balaban J connectivity index is 1.46. The van der Waals surface area contributed by atoms with Crippen molar-refractivity contribution < 1.29 is 31.9 Å². The molecular weight excluding hydrogens is 554 g/mol. The second kappa shape index (κ2) is 14.1. The van der Waals surface area contributed by atoms with E-state index in [4.69, 9.17) is 10.5 Å². The maximum absolute atomic E-state index is 14.5. The monoisotopic (exact) mass is 585 g/mol. The number of amides is 2. The van der Waals surface area contributed by atoms with Gasteiger partial charge in [0.2, 0.25) is 11.8 Å². The number of para-hydroxylation sites is 2. The highest BCUT2D eigenvalue weighted by atomic mass is 19.4. The molecule has 1 fully saturated rings. The quantitative estimate of drug-likeness (QED) is 0.156. The highest BCUT2D eigenvalue weighted by molar-refractivity contribution is 6.03. The van der Waals surface area contributed by atoms with Gasteiger partial charge < -0.3 is 26.4 Å². The fourth-order valence-corrected chi connectivity index (χ4v) is 4.31. The molecule has 0 radical (unpaired) electrons. The Morgan fingerprint density at radius 2 is 1.69 bits per heavy atom. The SMILES string of the molecule is Nc1ccccc1NC(=O)C=Cc1ccc(C(NCCN2CCOCC2)C(=O)Nc2ccc(C(F)(F)F)cc2F)cc1. The molecule has 0 aromatic heterocycles. The fraction of sp³-hybridized carbons (Fsp3) is 0.267. The third-order valence-electron chi connectivity index (χ3n) is 6.61. The van der Waals surface area contributed by atoms with Crippen molar-refractivity contribution in [2.24, 2.45) is 0 Å². The van der Waals surface area contributed by atoms with Crippen LogP contribution in [0.15, 0.2) is 72.8 Å². The molecule has 3 aromatic carbocycles. The lowest BCUT2D eigenvalue weighted by molar-refractivity contribution is -0.137. The highest BCUT2D eigenvalue weighted by Gasteiger charge is 2.31. The molecule has 222 valence electrons. The average Bonchev–Trinajstić information content (AvgIpc) is 2.97. The normalized spacial score (nSPS) is 15.0. The maximum Gasteiger partial charge on any atom is 0.416 e. The number of ether oxygens (including phenoxy) is 1. The molecule has 12 heteroatoms. The van der Waals surface area contributed by atoms with E-state index < -0.39 is 29.5 Å². The number of carbonyl (C=O) groups excluding carboxylic acids is 2. The summed E-state index contributed by atoms with van der Waals surface area (Å²) in [5.74, 6) is -2.21. The summed E-state index contributed by atoms with van der Waals surface area (Å²) in [6.45, 7) is 3.77. The first kappa shape index (κ1) is 30.7. The summed E-state index contributed by atoms with van der Waals surface area (Å²) in [4.78, 5) is 27.7. The number of nitrogens with one attached hydrogen (secondary N) is 3. The van der Waals surface area contributed by atoms with Gasteiger partial charge in [0.1, 0.15) is 11.9 Å². The molecule has 1 aliphatic heterocycles. The topological polar surface area (TPSA) is 109 Å². The van der Waals surface area contributed by atoms with Crippen molar-refractivity contribution in [1.29, 1.82) is 0 Å². The average molecular weight is 586 g/mol. The van der Waals surface area contributed by atoms with Crippen molar-refractivity contribution in [3.05, 3.63) is 95.3 Å². The number of halogens is 4. The number of rotatable bonds is 10. The van der Waals surface area contributed by atoms with Crippen LogP contribution in [0, 0.1) is 5.82 Å². The molecule has 0 bridgehead atoms. The van der Waals surface area contributed by atoms with Gasteiger partial charge in [-0.25, -0.2) is 4.39 Å². The summed E-state index contributed by atoms with van der Waals surface area (Å²) in [5, 5.41) is 8.27. The molecule has 1 heterocycles. The van der Waals surface area contributed by atoms with Crippen LogP contribution < -0.4 is 21.7 Å². The zero-order chi connectivity index (χ0) is 30.1. The number of hydrogen-bond acceptors (Lipinski definition) is 6. The molecular formula is C30H31F4N5O3. The van der Waals surface area contributed by atoms with Gasteiger partial charge >= 0.3 is 6.18 Å². The van der Waals surface area contributed by atoms with Crippen LogP contribution in [0.5, 0.6) is 0 Å². The van der Waals surface area contributed by atoms with Gasteiger partial charge in [-0.15, -0.1) is 0 Å². The number of benzene rings is 3. The van der Waals surface area contributed by atoms with Gasteiger partial charge in [0.25, 0.3) is 0 Å². The van der Waals surface area contributed by atoms with Gasteiger partial charge in [0, 0.05) is 32.3 Å². The van der Waals surface area contributed by atoms with Crippen molar-refractivity contribution in [3.63, 3.8) is 0 Å². The van der Waals surface area contributed by atoms with Crippen LogP contribution in [0.3, 0.4) is 0 Å². The van der Waals surface area contributed by atoms with Crippen molar-refractivity contribution in [3.8, 4) is 0 Å². The standard InChI is InChI=1S/C30H31F4N5O3/c31-23-19-22(30(32,33)34)10-11-25(23)38-29(41)28(36-13-14-39-15-17-42-18-16-39)21-8-5-20(6-9-21)7-12-27(40)37-26-4-2-1-3-24(26)35/h1-12,19,28,36H,13-18,35H2,(H,37,40)(H,38,41). The summed E-state index contributed by atoms with van der Waals surface area (Å²) >= 11 is 0. The lowest BCUT2D eigenvalue weighted by Gasteiger charge is -2.27. The van der Waals surface area contributed by atoms with E-state index in [1.807, 2.05) is 0 Å². The van der Waals surface area contributed by atoms with E-state index in [9.17, 15) is 27.2 Å². The zero-order valence-electron chi connectivity index (χ0n) is 22.6. The van der Waals surface area contributed by atoms with Crippen molar-refractivity contribution in [2.75, 3.05) is 55.8 Å². The molecule has 0 spiro atoms. The Kier molecular flexibility index (Phi) is 10.3. The number of nitrogens with two attached hydrogens (primary N) is 1. The minimum absolute atomic E-state index is 0.347. The van der Waals surface area contributed by atoms with Crippen LogP contribution in [0.1, 0.15) is 22.7 Å². The number of alkyl halides is 3. The molecule has 2 amide bonds. The Labute approximate surface area is 240 Å². The number of carbonyl (C=O) groups is 2. The van der Waals surface area contributed by atoms with Gasteiger partial charge in [-0.05, 0) is 47.5 Å². The van der Waals surface area contributed by atoms with Gasteiger partial charge in [-0.1, -0.05) is 36.4 Å². The molecule has 4 rings (SSSR count). The summed E-state index contributed by atoms with van der Waals surface area (Å²) in [5.41, 5.74) is 6.48. The van der Waals surface area contributed by atoms with Crippen molar-refractivity contribution in [1.82, 2.24) is 10.2 Å². The van der Waals surface area contributed by atoms with Gasteiger partial charge in [-0.3, -0.25) is 14.5 Å². The molecule has 5 N–H and O–H groups in total. The third-order valence-corrected chi connectivity index (χ3v) is 6.61. The van der Waals surface area contributed by atoms with Crippen molar-refractivity contribution >= 4 is 35.0 Å². The van der Waals surface area contributed by atoms with Crippen LogP contribution >= 0.6 is 0 Å². The van der Waals surface area contributed by atoms with E-state index in [0.717, 1.165) is 19.2 Å². The molecule has 1 aliphatic rings. The van der Waals surface area contributed by atoms with E-state index in [1.165, 1.54) is 6.08 Å². The Bertz CT molecular complexity index is 1410. The van der Waals surface area contributed by atoms with E-state index in [0.29, 0.717) is 60.9 Å². The van der Waals surface area contributed by atoms with E-state index in [1.54, 1.807) is 54.6 Å². The van der Waals surface area contributed by atoms with Crippen LogP contribution in [-0.2, 0) is 20.5 Å². The van der Waals surface area contributed by atoms with Crippen LogP contribution in [0.25, 0.3) is 6.08 Å². The lowest BCUT2D eigenvalue weighted by Crippen LogP contribution is -2.42. The molecule has 8 nitrogen and oxygen atoms in total. The second-order valence-electron chi connectivity index (χ2n) is 9.60. The maximum atomic E-state index is 14.5. The van der Waals surface area contributed by atoms with Gasteiger partial charge in [0.15, 0.2) is 0 Å². The number of nitrogens with zero attached hydrogens (tertiary/aromatic N) is 1. The smallest absolute Gasteiger partial charge is 0.397 e. The largest absolute Gasteiger partial charge is 0.416 e. The minimum atomic E-state index is -4.71. The van der Waals surface area contributed by atoms with Crippen molar-refractivity contribution in [2.45, 2.75) is 12.2 Å². The lowest BCUT2D eigenvalue weighted by atomic mass is 10.0. The molecule has 1 atom stereocenters. The molecule has 1 unspecified atom stereocenters. The molecule has 1 saturated heterocycles. The first-order valence-corrected chi connectivity index (χ1v) is 13.2. The van der Waals surface area contributed by atoms with Gasteiger partial charge in [0.05, 0.1) is 35.8 Å². The van der Waals surface area contributed by atoms with Crippen LogP contribution in [-0.4, -0.2) is 56.1 Å². The zero-order valence-corrected chi connectivity index (χ0v) is 22.6. The van der Waals surface area contributed by atoms with E-state index >= 15 is 0 Å². The number of morpholine rings is 1.